The van der Waals surface area contributed by atoms with Crippen LogP contribution in [-0.4, -0.2) is 36.1 Å². The second kappa shape index (κ2) is 10.1. The summed E-state index contributed by atoms with van der Waals surface area (Å²) in [4.78, 5) is 15.3. The van der Waals surface area contributed by atoms with Crippen molar-refractivity contribution >= 4 is 56.3 Å². The number of amides is 1. The van der Waals surface area contributed by atoms with Gasteiger partial charge in [-0.1, -0.05) is 38.3 Å². The first-order chi connectivity index (χ1) is 12.5. The average molecular weight is 413 g/mol. The highest BCUT2D eigenvalue weighted by Crippen LogP contribution is 2.37. The third kappa shape index (κ3) is 5.09. The summed E-state index contributed by atoms with van der Waals surface area (Å²) in [6, 6.07) is 5.59. The number of fused-ring (bicyclic) bond motifs is 1. The summed E-state index contributed by atoms with van der Waals surface area (Å²) < 4.78 is 6.15. The molecule has 0 saturated carbocycles. The smallest absolute Gasteiger partial charge is 0.269 e. The summed E-state index contributed by atoms with van der Waals surface area (Å²) in [5.41, 5.74) is 0. The maximum absolute atomic E-state index is 12.7. The number of benzene rings is 1. The lowest BCUT2D eigenvalue weighted by Gasteiger charge is -2.25. The number of ether oxygens (including phenoxy) is 1. The average Bonchev–Trinajstić information content (AvgIpc) is 2.97. The van der Waals surface area contributed by atoms with Crippen LogP contribution in [0.15, 0.2) is 18.2 Å². The Labute approximate surface area is 169 Å². The van der Waals surface area contributed by atoms with Crippen LogP contribution in [0.2, 0.25) is 5.02 Å². The lowest BCUT2D eigenvalue weighted by Crippen LogP contribution is -2.43. The number of thiophene rings is 1. The van der Waals surface area contributed by atoms with Crippen molar-refractivity contribution < 1.29 is 9.53 Å². The van der Waals surface area contributed by atoms with Gasteiger partial charge in [-0.25, -0.2) is 0 Å². The van der Waals surface area contributed by atoms with Crippen LogP contribution in [0.3, 0.4) is 0 Å². The van der Waals surface area contributed by atoms with Crippen molar-refractivity contribution in [3.8, 4) is 5.75 Å². The molecule has 2 aromatic rings. The number of hydrogen-bond donors (Lipinski definition) is 1. The van der Waals surface area contributed by atoms with Gasteiger partial charge in [-0.15, -0.1) is 11.3 Å². The van der Waals surface area contributed by atoms with Crippen LogP contribution < -0.4 is 10.1 Å². The van der Waals surface area contributed by atoms with Crippen LogP contribution in [0.1, 0.15) is 49.2 Å². The van der Waals surface area contributed by atoms with Crippen molar-refractivity contribution in [2.75, 3.05) is 20.2 Å². The highest BCUT2D eigenvalue weighted by Gasteiger charge is 2.20. The van der Waals surface area contributed by atoms with Gasteiger partial charge >= 0.3 is 0 Å². The monoisotopic (exact) mass is 412 g/mol. The lowest BCUT2D eigenvalue weighted by atomic mass is 10.2. The van der Waals surface area contributed by atoms with Crippen molar-refractivity contribution in [3.63, 3.8) is 0 Å². The van der Waals surface area contributed by atoms with Gasteiger partial charge < -0.3 is 9.64 Å². The van der Waals surface area contributed by atoms with Gasteiger partial charge in [0.2, 0.25) is 0 Å². The summed E-state index contributed by atoms with van der Waals surface area (Å²) in [7, 11) is 1.61. The van der Waals surface area contributed by atoms with E-state index in [0.717, 1.165) is 54.6 Å². The molecular weight excluding hydrogens is 388 g/mol. The third-order valence-electron chi connectivity index (χ3n) is 4.11. The van der Waals surface area contributed by atoms with Gasteiger partial charge in [-0.2, -0.15) is 0 Å². The Bertz CT molecular complexity index is 768. The molecule has 0 fully saturated rings. The molecule has 26 heavy (non-hydrogen) atoms. The molecule has 0 aliphatic carbocycles. The fourth-order valence-electron chi connectivity index (χ4n) is 2.56. The Morgan fingerprint density at radius 2 is 1.92 bits per heavy atom. The van der Waals surface area contributed by atoms with E-state index in [1.165, 1.54) is 11.3 Å². The van der Waals surface area contributed by atoms with E-state index in [0.29, 0.717) is 15.0 Å². The van der Waals surface area contributed by atoms with Crippen molar-refractivity contribution in [1.29, 1.82) is 0 Å². The number of thiocarbonyl (C=S) groups is 1. The van der Waals surface area contributed by atoms with E-state index in [4.69, 9.17) is 28.6 Å². The molecule has 0 aliphatic heterocycles. The predicted molar refractivity (Wildman–Crippen MR) is 115 cm³/mol. The van der Waals surface area contributed by atoms with Crippen molar-refractivity contribution in [1.82, 2.24) is 10.2 Å². The molecule has 7 heteroatoms. The quantitative estimate of drug-likeness (QED) is 0.583. The third-order valence-corrected chi connectivity index (χ3v) is 6.13. The van der Waals surface area contributed by atoms with Crippen LogP contribution in [-0.2, 0) is 0 Å². The Balaban J connectivity index is 2.15. The molecule has 0 aliphatic rings. The molecule has 0 spiro atoms. The number of nitrogens with one attached hydrogen (secondary N) is 1. The number of halogens is 1. The Morgan fingerprint density at radius 3 is 2.50 bits per heavy atom. The number of unbranched alkanes of at least 4 members (excludes halogenated alkanes) is 2. The van der Waals surface area contributed by atoms with Crippen LogP contribution in [0.4, 0.5) is 0 Å². The summed E-state index contributed by atoms with van der Waals surface area (Å²) in [5, 5.41) is 4.64. The molecular formula is C19H25ClN2O2S2. The SMILES string of the molecule is CCCCN(CCCC)C(=S)NC(=O)c1sc2cc(OC)ccc2c1Cl. The Hall–Kier alpha value is -1.37. The number of carbonyl (C=O) groups is 1. The van der Waals surface area contributed by atoms with E-state index < -0.39 is 0 Å². The van der Waals surface area contributed by atoms with Crippen molar-refractivity contribution in [2.45, 2.75) is 39.5 Å². The first kappa shape index (κ1) is 20.9. The number of hydrogen-bond acceptors (Lipinski definition) is 4. The molecule has 0 bridgehead atoms. The fraction of sp³-hybridized carbons (Fsp3) is 0.474. The van der Waals surface area contributed by atoms with Gasteiger partial charge in [0.05, 0.1) is 12.1 Å². The van der Waals surface area contributed by atoms with Crippen LogP contribution in [0, 0.1) is 0 Å². The summed E-state index contributed by atoms with van der Waals surface area (Å²) >= 11 is 13.3. The normalized spacial score (nSPS) is 10.8. The van der Waals surface area contributed by atoms with Crippen LogP contribution in [0.25, 0.3) is 10.1 Å². The van der Waals surface area contributed by atoms with E-state index >= 15 is 0 Å². The van der Waals surface area contributed by atoms with Crippen LogP contribution in [0.5, 0.6) is 5.75 Å². The molecule has 0 saturated heterocycles. The largest absolute Gasteiger partial charge is 0.497 e. The first-order valence-electron chi connectivity index (χ1n) is 8.88. The predicted octanol–water partition coefficient (Wildman–Crippen LogP) is 5.48. The Kier molecular flexibility index (Phi) is 8.13. The summed E-state index contributed by atoms with van der Waals surface area (Å²) in [5.74, 6) is 0.487. The zero-order chi connectivity index (χ0) is 19.1. The molecule has 0 radical (unpaired) electrons. The number of methoxy groups -OCH3 is 1. The lowest BCUT2D eigenvalue weighted by molar-refractivity contribution is 0.0977. The second-order valence-corrected chi connectivity index (χ2v) is 7.88. The maximum Gasteiger partial charge on any atom is 0.269 e. The highest BCUT2D eigenvalue weighted by molar-refractivity contribution is 7.80. The number of rotatable bonds is 8. The van der Waals surface area contributed by atoms with Gasteiger partial charge in [0.25, 0.3) is 5.91 Å². The van der Waals surface area contributed by atoms with Gasteiger partial charge in [0.15, 0.2) is 5.11 Å². The minimum absolute atomic E-state index is 0.252. The molecule has 1 aromatic carbocycles. The molecule has 0 unspecified atom stereocenters. The van der Waals surface area contributed by atoms with Gasteiger partial charge in [-0.05, 0) is 43.3 Å². The van der Waals surface area contributed by atoms with Crippen LogP contribution >= 0.6 is 35.2 Å². The summed E-state index contributed by atoms with van der Waals surface area (Å²) in [6.45, 7) is 6.00. The first-order valence-corrected chi connectivity index (χ1v) is 10.5. The van der Waals surface area contributed by atoms with Crippen molar-refractivity contribution in [2.24, 2.45) is 0 Å². The van der Waals surface area contributed by atoms with E-state index in [-0.39, 0.29) is 5.91 Å². The second-order valence-electron chi connectivity index (χ2n) is 6.06. The number of carbonyl (C=O) groups excluding carboxylic acids is 1. The van der Waals surface area contributed by atoms with Gasteiger partial charge in [0.1, 0.15) is 10.6 Å². The molecule has 2 rings (SSSR count). The van der Waals surface area contributed by atoms with E-state index in [2.05, 4.69) is 24.1 Å². The zero-order valence-electron chi connectivity index (χ0n) is 15.4. The van der Waals surface area contributed by atoms with E-state index in [9.17, 15) is 4.79 Å². The maximum atomic E-state index is 12.7. The fourth-order valence-corrected chi connectivity index (χ4v) is 4.28. The van der Waals surface area contributed by atoms with Gasteiger partial charge in [-0.3, -0.25) is 10.1 Å². The highest BCUT2D eigenvalue weighted by atomic mass is 35.5. The Morgan fingerprint density at radius 1 is 1.27 bits per heavy atom. The minimum atomic E-state index is -0.252. The molecule has 1 aromatic heterocycles. The van der Waals surface area contributed by atoms with Gasteiger partial charge in [0, 0.05) is 23.2 Å². The number of nitrogens with zero attached hydrogens (tertiary/aromatic N) is 1. The van der Waals surface area contributed by atoms with E-state index in [1.807, 2.05) is 18.2 Å². The standard InChI is InChI=1S/C19H25ClN2O2S2/c1-4-6-10-22(11-7-5-2)19(25)21-18(23)17-16(20)14-9-8-13(24-3)12-15(14)26-17/h8-9,12H,4-7,10-11H2,1-3H3,(H,21,23,25). The minimum Gasteiger partial charge on any atom is -0.497 e. The zero-order valence-corrected chi connectivity index (χ0v) is 17.8. The van der Waals surface area contributed by atoms with Crippen molar-refractivity contribution in [3.05, 3.63) is 28.1 Å². The molecule has 4 nitrogen and oxygen atoms in total. The topological polar surface area (TPSA) is 41.6 Å². The molecule has 1 amide bonds. The molecule has 142 valence electrons. The molecule has 1 N–H and O–H groups in total. The van der Waals surface area contributed by atoms with E-state index in [1.54, 1.807) is 7.11 Å². The molecule has 0 atom stereocenters. The molecule has 1 heterocycles. The summed E-state index contributed by atoms with van der Waals surface area (Å²) in [6.07, 6.45) is 4.26.